The summed E-state index contributed by atoms with van der Waals surface area (Å²) in [4.78, 5) is 18.6. The molecule has 2 aliphatic rings. The van der Waals surface area contributed by atoms with Gasteiger partial charge in [-0.25, -0.2) is 4.98 Å². The van der Waals surface area contributed by atoms with Crippen molar-refractivity contribution in [2.24, 2.45) is 0 Å². The van der Waals surface area contributed by atoms with Crippen LogP contribution in [-0.2, 0) is 11.2 Å². The highest BCUT2D eigenvalue weighted by Crippen LogP contribution is 2.36. The first-order valence-corrected chi connectivity index (χ1v) is 12.1. The molecule has 2 saturated heterocycles. The normalized spacial score (nSPS) is 23.2. The van der Waals surface area contributed by atoms with Gasteiger partial charge in [-0.15, -0.1) is 0 Å². The molecule has 2 atom stereocenters. The Labute approximate surface area is 191 Å². The van der Waals surface area contributed by atoms with Gasteiger partial charge in [-0.3, -0.25) is 9.69 Å². The predicted octanol–water partition coefficient (Wildman–Crippen LogP) is 5.42. The third-order valence-electron chi connectivity index (χ3n) is 6.41. The molecule has 0 unspecified atom stereocenters. The molecule has 0 aliphatic carbocycles. The summed E-state index contributed by atoms with van der Waals surface area (Å²) in [7, 11) is 0. The zero-order valence-electron chi connectivity index (χ0n) is 17.5. The van der Waals surface area contributed by atoms with Crippen molar-refractivity contribution in [2.75, 3.05) is 6.54 Å². The molecule has 31 heavy (non-hydrogen) atoms. The Hall–Kier alpha value is -2.15. The zero-order chi connectivity index (χ0) is 21.4. The van der Waals surface area contributed by atoms with Crippen LogP contribution in [0.1, 0.15) is 38.2 Å². The highest BCUT2D eigenvalue weighted by molar-refractivity contribution is 7.20. The monoisotopic (exact) mass is 455 g/mol. The first-order valence-electron chi connectivity index (χ1n) is 10.9. The molecular formula is C24H26ClN3O2S. The van der Waals surface area contributed by atoms with Crippen LogP contribution in [0.15, 0.2) is 42.5 Å². The lowest BCUT2D eigenvalue weighted by Gasteiger charge is -2.39. The molecule has 0 radical (unpaired) electrons. The van der Waals surface area contributed by atoms with E-state index in [9.17, 15) is 4.79 Å². The van der Waals surface area contributed by atoms with E-state index in [0.717, 1.165) is 41.8 Å². The summed E-state index contributed by atoms with van der Waals surface area (Å²) < 4.78 is 6.98. The fraction of sp³-hybridized carbons (Fsp3) is 0.417. The fourth-order valence-corrected chi connectivity index (χ4v) is 6.16. The Morgan fingerprint density at radius 3 is 2.65 bits per heavy atom. The van der Waals surface area contributed by atoms with Crippen LogP contribution in [0.2, 0.25) is 5.02 Å². The van der Waals surface area contributed by atoms with Gasteiger partial charge in [-0.05, 0) is 68.0 Å². The van der Waals surface area contributed by atoms with Gasteiger partial charge in [0.25, 0.3) is 5.19 Å². The maximum absolute atomic E-state index is 11.4. The molecule has 1 amide bonds. The van der Waals surface area contributed by atoms with Crippen LogP contribution >= 0.6 is 22.9 Å². The van der Waals surface area contributed by atoms with Crippen molar-refractivity contribution in [1.82, 2.24) is 15.2 Å². The summed E-state index contributed by atoms with van der Waals surface area (Å²) in [6.07, 6.45) is 5.69. The molecule has 2 fully saturated rings. The zero-order valence-corrected chi connectivity index (χ0v) is 19.1. The van der Waals surface area contributed by atoms with Gasteiger partial charge in [-0.1, -0.05) is 35.1 Å². The number of benzene rings is 2. The maximum atomic E-state index is 11.4. The van der Waals surface area contributed by atoms with E-state index in [1.807, 2.05) is 30.3 Å². The highest BCUT2D eigenvalue weighted by Gasteiger charge is 2.40. The van der Waals surface area contributed by atoms with Crippen molar-refractivity contribution in [1.29, 1.82) is 0 Å². The summed E-state index contributed by atoms with van der Waals surface area (Å²) in [6.45, 7) is 2.69. The van der Waals surface area contributed by atoms with Gasteiger partial charge < -0.3 is 10.1 Å². The molecule has 2 aromatic carbocycles. The van der Waals surface area contributed by atoms with Crippen molar-refractivity contribution in [3.8, 4) is 10.9 Å². The number of piperidine rings is 1. The Morgan fingerprint density at radius 2 is 1.94 bits per heavy atom. The molecule has 3 aromatic rings. The van der Waals surface area contributed by atoms with Crippen LogP contribution in [0.25, 0.3) is 10.2 Å². The molecule has 3 heterocycles. The van der Waals surface area contributed by atoms with Gasteiger partial charge in [0.15, 0.2) is 0 Å². The number of carbonyl (C=O) groups is 1. The number of hydrogen-bond donors (Lipinski definition) is 1. The number of thiazole rings is 1. The van der Waals surface area contributed by atoms with Gasteiger partial charge in [0.05, 0.1) is 10.2 Å². The Balaban J connectivity index is 1.17. The first-order chi connectivity index (χ1) is 15.0. The number of nitrogens with one attached hydrogen (secondary N) is 1. The van der Waals surface area contributed by atoms with Crippen molar-refractivity contribution in [2.45, 2.75) is 57.2 Å². The molecule has 162 valence electrons. The molecule has 5 rings (SSSR count). The third-order valence-corrected chi connectivity index (χ3v) is 7.54. The van der Waals surface area contributed by atoms with E-state index in [1.54, 1.807) is 6.92 Å². The fourth-order valence-electron chi connectivity index (χ4n) is 5.05. The van der Waals surface area contributed by atoms with E-state index in [4.69, 9.17) is 16.3 Å². The molecule has 1 N–H and O–H groups in total. The summed E-state index contributed by atoms with van der Waals surface area (Å²) in [5.74, 6) is 0.889. The van der Waals surface area contributed by atoms with Crippen LogP contribution in [-0.4, -0.2) is 40.5 Å². The Kier molecular flexibility index (Phi) is 5.87. The predicted molar refractivity (Wildman–Crippen MR) is 125 cm³/mol. The van der Waals surface area contributed by atoms with Crippen LogP contribution in [0.5, 0.6) is 10.9 Å². The average molecular weight is 456 g/mol. The Bertz CT molecular complexity index is 1070. The average Bonchev–Trinajstić information content (AvgIpc) is 3.23. The van der Waals surface area contributed by atoms with Crippen LogP contribution in [0.3, 0.4) is 0 Å². The van der Waals surface area contributed by atoms with Gasteiger partial charge in [0, 0.05) is 36.6 Å². The number of aromatic nitrogens is 1. The summed E-state index contributed by atoms with van der Waals surface area (Å²) in [5, 5.41) is 4.46. The number of rotatable bonds is 6. The van der Waals surface area contributed by atoms with E-state index in [-0.39, 0.29) is 5.91 Å². The SMILES string of the molecule is CC(=O)NC1C[C@H]2CC[C@H](C1)N2CCc1ccc(Oc2nc3ccc(Cl)cc3s2)cc1. The molecular weight excluding hydrogens is 430 g/mol. The van der Waals surface area contributed by atoms with E-state index in [2.05, 4.69) is 27.3 Å². The summed E-state index contributed by atoms with van der Waals surface area (Å²) >= 11 is 7.56. The molecule has 5 nitrogen and oxygen atoms in total. The van der Waals surface area contributed by atoms with Gasteiger partial charge in [-0.2, -0.15) is 0 Å². The number of carbonyl (C=O) groups excluding carboxylic acids is 1. The van der Waals surface area contributed by atoms with Crippen LogP contribution in [0, 0.1) is 0 Å². The number of hydrogen-bond acceptors (Lipinski definition) is 5. The van der Waals surface area contributed by atoms with Crippen LogP contribution in [0.4, 0.5) is 0 Å². The molecule has 7 heteroatoms. The number of ether oxygens (including phenoxy) is 1. The van der Waals surface area contributed by atoms with Crippen molar-refractivity contribution in [3.63, 3.8) is 0 Å². The minimum atomic E-state index is 0.0924. The molecule has 0 spiro atoms. The second-order valence-corrected chi connectivity index (χ2v) is 10.0. The lowest BCUT2D eigenvalue weighted by atomic mass is 9.96. The van der Waals surface area contributed by atoms with E-state index >= 15 is 0 Å². The second kappa shape index (κ2) is 8.77. The number of nitrogens with zero attached hydrogens (tertiary/aromatic N) is 2. The first kappa shape index (κ1) is 20.7. The molecule has 0 saturated carbocycles. The smallest absolute Gasteiger partial charge is 0.279 e. The summed E-state index contributed by atoms with van der Waals surface area (Å²) in [6, 6.07) is 15.6. The van der Waals surface area contributed by atoms with Gasteiger partial charge in [0.1, 0.15) is 5.75 Å². The standard InChI is InChI=1S/C24H26ClN3O2S/c1-15(29)26-18-13-19-5-6-20(14-18)28(19)11-10-16-2-7-21(8-3-16)30-24-27-22-9-4-17(25)12-23(22)31-24/h2-4,7-9,12,18-20H,5-6,10-11,13-14H2,1H3,(H,26,29)/t19-,20-/m1/s1. The van der Waals surface area contributed by atoms with Crippen molar-refractivity contribution in [3.05, 3.63) is 53.1 Å². The minimum Gasteiger partial charge on any atom is -0.431 e. The van der Waals surface area contributed by atoms with Crippen molar-refractivity contribution < 1.29 is 9.53 Å². The van der Waals surface area contributed by atoms with Crippen molar-refractivity contribution >= 4 is 39.1 Å². The molecule has 2 aliphatic heterocycles. The Morgan fingerprint density at radius 1 is 1.19 bits per heavy atom. The quantitative estimate of drug-likeness (QED) is 0.539. The van der Waals surface area contributed by atoms with Gasteiger partial charge in [0.2, 0.25) is 5.91 Å². The number of halogens is 1. The second-order valence-electron chi connectivity index (χ2n) is 8.58. The lowest BCUT2D eigenvalue weighted by Crippen LogP contribution is -2.50. The van der Waals surface area contributed by atoms with Gasteiger partial charge >= 0.3 is 0 Å². The van der Waals surface area contributed by atoms with E-state index < -0.39 is 0 Å². The topological polar surface area (TPSA) is 54.5 Å². The third kappa shape index (κ3) is 4.71. The molecule has 2 bridgehead atoms. The number of fused-ring (bicyclic) bond motifs is 3. The largest absolute Gasteiger partial charge is 0.431 e. The maximum Gasteiger partial charge on any atom is 0.279 e. The van der Waals surface area contributed by atoms with E-state index in [0.29, 0.717) is 28.3 Å². The van der Waals surface area contributed by atoms with Crippen LogP contribution < -0.4 is 10.1 Å². The summed E-state index contributed by atoms with van der Waals surface area (Å²) in [5.41, 5.74) is 2.21. The molecule has 1 aromatic heterocycles. The lowest BCUT2D eigenvalue weighted by molar-refractivity contribution is -0.120. The number of amides is 1. The van der Waals surface area contributed by atoms with E-state index in [1.165, 1.54) is 29.7 Å². The minimum absolute atomic E-state index is 0.0924. The highest BCUT2D eigenvalue weighted by atomic mass is 35.5.